The monoisotopic (exact) mass is 225 g/mol. The molecule has 0 aromatic rings. The third-order valence-corrected chi connectivity index (χ3v) is 3.38. The molecule has 3 nitrogen and oxygen atoms in total. The van der Waals surface area contributed by atoms with Gasteiger partial charge >= 0.3 is 6.09 Å². The number of nitrogens with zero attached hydrogens (tertiary/aromatic N) is 1. The Morgan fingerprint density at radius 1 is 1.46 bits per heavy atom. The highest BCUT2D eigenvalue weighted by Gasteiger charge is 2.00. The maximum atomic E-state index is 11.0. The van der Waals surface area contributed by atoms with Gasteiger partial charge in [-0.1, -0.05) is 24.5 Å². The highest BCUT2D eigenvalue weighted by atomic mass is 35.5. The van der Waals surface area contributed by atoms with Crippen molar-refractivity contribution >= 4 is 28.4 Å². The Bertz CT molecular complexity index is 179. The van der Waals surface area contributed by atoms with E-state index in [9.17, 15) is 4.79 Å². The first kappa shape index (κ1) is 12.9. The van der Waals surface area contributed by atoms with Crippen LogP contribution < -0.4 is 0 Å². The summed E-state index contributed by atoms with van der Waals surface area (Å²) in [5.74, 6) is 2.32. The van der Waals surface area contributed by atoms with E-state index in [2.05, 4.69) is 4.36 Å². The van der Waals surface area contributed by atoms with Crippen LogP contribution in [0.3, 0.4) is 0 Å². The van der Waals surface area contributed by atoms with Gasteiger partial charge < -0.3 is 4.74 Å². The van der Waals surface area contributed by atoms with Crippen molar-refractivity contribution in [3.63, 3.8) is 0 Å². The van der Waals surface area contributed by atoms with E-state index in [4.69, 9.17) is 16.3 Å². The molecule has 0 saturated heterocycles. The molecule has 0 fully saturated rings. The first-order chi connectivity index (χ1) is 6.24. The molecule has 13 heavy (non-hydrogen) atoms. The fourth-order valence-electron chi connectivity index (χ4n) is 0.679. The Morgan fingerprint density at radius 2 is 2.08 bits per heavy atom. The minimum atomic E-state index is -0.447. The Kier molecular flexibility index (Phi) is 8.45. The van der Waals surface area contributed by atoms with E-state index in [-0.39, 0.29) is 10.7 Å². The van der Waals surface area contributed by atoms with Crippen molar-refractivity contribution in [3.8, 4) is 0 Å². The summed E-state index contributed by atoms with van der Waals surface area (Å²) in [5, 5.41) is 0. The molecular weight excluding hydrogens is 210 g/mol. The number of carbonyl (C=O) groups is 1. The normalized spacial score (nSPS) is 10.2. The van der Waals surface area contributed by atoms with E-state index < -0.39 is 6.09 Å². The van der Waals surface area contributed by atoms with Crippen LogP contribution in [0.15, 0.2) is 4.36 Å². The number of carbonyl (C=O) groups excluding carboxylic acids is 1. The summed E-state index contributed by atoms with van der Waals surface area (Å²) in [7, 11) is -0.156. The molecule has 0 bridgehead atoms. The number of hydrogen-bond acceptors (Lipinski definition) is 2. The average Bonchev–Trinajstić information content (AvgIpc) is 2.14. The lowest BCUT2D eigenvalue weighted by Gasteiger charge is -2.01. The molecule has 78 valence electrons. The third kappa shape index (κ3) is 7.02. The van der Waals surface area contributed by atoms with E-state index in [1.54, 1.807) is 0 Å². The molecule has 0 aliphatic carbocycles. The maximum Gasteiger partial charge on any atom is 0.439 e. The summed E-state index contributed by atoms with van der Waals surface area (Å²) in [5.41, 5.74) is 0. The number of ether oxygens (including phenoxy) is 1. The number of hydrogen-bond donors (Lipinski definition) is 0. The summed E-state index contributed by atoms with van der Waals surface area (Å²) < 4.78 is 8.74. The molecule has 0 aromatic heterocycles. The summed E-state index contributed by atoms with van der Waals surface area (Å²) in [4.78, 5) is 11.0. The molecular formula is C8H16ClNO2S. The first-order valence-electron chi connectivity index (χ1n) is 4.36. The van der Waals surface area contributed by atoms with Crippen molar-refractivity contribution in [1.29, 1.82) is 0 Å². The van der Waals surface area contributed by atoms with Gasteiger partial charge in [0, 0.05) is 17.4 Å². The number of halogens is 1. The number of alkyl halides is 1. The van der Waals surface area contributed by atoms with Crippen LogP contribution in [0.5, 0.6) is 0 Å². The van der Waals surface area contributed by atoms with Crippen LogP contribution in [-0.4, -0.2) is 30.1 Å². The smallest absolute Gasteiger partial charge is 0.439 e. The Labute approximate surface area is 86.9 Å². The van der Waals surface area contributed by atoms with Crippen molar-refractivity contribution in [1.82, 2.24) is 0 Å². The predicted molar refractivity (Wildman–Crippen MR) is 57.6 cm³/mol. The van der Waals surface area contributed by atoms with E-state index in [0.29, 0.717) is 18.9 Å². The zero-order chi connectivity index (χ0) is 10.1. The Balaban J connectivity index is 3.76. The molecule has 0 aliphatic rings. The first-order valence-corrected chi connectivity index (χ1v) is 6.42. The molecule has 0 radical (unpaired) electrons. The number of rotatable bonds is 5. The van der Waals surface area contributed by atoms with Gasteiger partial charge in [-0.3, -0.25) is 0 Å². The van der Waals surface area contributed by atoms with Gasteiger partial charge in [0.1, 0.15) is 0 Å². The minimum Gasteiger partial charge on any atom is -0.448 e. The van der Waals surface area contributed by atoms with Crippen LogP contribution in [0.4, 0.5) is 4.79 Å². The van der Waals surface area contributed by atoms with Gasteiger partial charge in [0.15, 0.2) is 0 Å². The lowest BCUT2D eigenvalue weighted by molar-refractivity contribution is 0.158. The molecule has 0 heterocycles. The molecule has 0 aliphatic heterocycles. The van der Waals surface area contributed by atoms with Crippen molar-refractivity contribution in [3.05, 3.63) is 0 Å². The Morgan fingerprint density at radius 3 is 2.54 bits per heavy atom. The fourth-order valence-corrected chi connectivity index (χ4v) is 1.72. The van der Waals surface area contributed by atoms with Crippen LogP contribution in [-0.2, 0) is 15.4 Å². The molecule has 0 spiro atoms. The topological polar surface area (TPSA) is 38.7 Å². The van der Waals surface area contributed by atoms with Crippen molar-refractivity contribution in [2.75, 3.05) is 24.0 Å². The van der Waals surface area contributed by atoms with Crippen LogP contribution >= 0.6 is 11.6 Å². The van der Waals surface area contributed by atoms with Gasteiger partial charge in [0.05, 0.1) is 6.61 Å². The standard InChI is InChI=1S/C8H16ClNO2S/c1-3-13(4-2)10-8(11)12-7-5-6-9/h3-7H2,1-2H3. The van der Waals surface area contributed by atoms with Gasteiger partial charge in [0.25, 0.3) is 0 Å². The second kappa shape index (κ2) is 8.51. The zero-order valence-electron chi connectivity index (χ0n) is 8.09. The van der Waals surface area contributed by atoms with E-state index >= 15 is 0 Å². The van der Waals surface area contributed by atoms with E-state index in [1.807, 2.05) is 13.8 Å². The molecule has 0 saturated carbocycles. The van der Waals surface area contributed by atoms with Crippen LogP contribution in [0.1, 0.15) is 20.3 Å². The second-order valence-corrected chi connectivity index (χ2v) is 4.93. The molecule has 0 atom stereocenters. The zero-order valence-corrected chi connectivity index (χ0v) is 9.66. The highest BCUT2D eigenvalue weighted by Crippen LogP contribution is 1.94. The second-order valence-electron chi connectivity index (χ2n) is 2.29. The van der Waals surface area contributed by atoms with Gasteiger partial charge in [0.2, 0.25) is 0 Å². The van der Waals surface area contributed by atoms with Crippen molar-refractivity contribution < 1.29 is 9.53 Å². The molecule has 5 heteroatoms. The SMILES string of the molecule is CCS(CC)=NC(=O)OCCCCl. The van der Waals surface area contributed by atoms with Crippen LogP contribution in [0.25, 0.3) is 0 Å². The number of amides is 1. The maximum absolute atomic E-state index is 11.0. The predicted octanol–water partition coefficient (Wildman–Crippen LogP) is 2.59. The molecule has 0 N–H and O–H groups in total. The van der Waals surface area contributed by atoms with Gasteiger partial charge in [-0.25, -0.2) is 4.79 Å². The van der Waals surface area contributed by atoms with Gasteiger partial charge in [-0.2, -0.15) is 4.36 Å². The van der Waals surface area contributed by atoms with Crippen LogP contribution in [0.2, 0.25) is 0 Å². The highest BCUT2D eigenvalue weighted by molar-refractivity contribution is 7.87. The van der Waals surface area contributed by atoms with Crippen molar-refractivity contribution in [2.45, 2.75) is 20.3 Å². The van der Waals surface area contributed by atoms with Gasteiger partial charge in [-0.15, -0.1) is 11.6 Å². The van der Waals surface area contributed by atoms with E-state index in [0.717, 1.165) is 11.5 Å². The fraction of sp³-hybridized carbons (Fsp3) is 0.875. The van der Waals surface area contributed by atoms with Gasteiger partial charge in [-0.05, 0) is 6.42 Å². The minimum absolute atomic E-state index is 0.156. The molecule has 0 rings (SSSR count). The molecule has 1 amide bonds. The molecule has 0 aromatic carbocycles. The summed E-state index contributed by atoms with van der Waals surface area (Å²) >= 11 is 5.43. The third-order valence-electron chi connectivity index (χ3n) is 1.37. The average molecular weight is 226 g/mol. The van der Waals surface area contributed by atoms with Crippen molar-refractivity contribution in [2.24, 2.45) is 4.36 Å². The van der Waals surface area contributed by atoms with E-state index in [1.165, 1.54) is 0 Å². The quantitative estimate of drug-likeness (QED) is 0.533. The Hall–Kier alpha value is -0.0900. The lowest BCUT2D eigenvalue weighted by atomic mass is 10.5. The lowest BCUT2D eigenvalue weighted by Crippen LogP contribution is -2.05. The summed E-state index contributed by atoms with van der Waals surface area (Å²) in [6.45, 7) is 4.40. The largest absolute Gasteiger partial charge is 0.448 e. The summed E-state index contributed by atoms with van der Waals surface area (Å²) in [6, 6.07) is 0. The summed E-state index contributed by atoms with van der Waals surface area (Å²) in [6.07, 6.45) is 0.242. The van der Waals surface area contributed by atoms with Crippen LogP contribution in [0, 0.1) is 0 Å². The molecule has 0 unspecified atom stereocenters.